The van der Waals surface area contributed by atoms with Gasteiger partial charge in [-0.25, -0.2) is 9.69 Å². The molecule has 6 amide bonds. The molecule has 73 heavy (non-hydrogen) atoms. The van der Waals surface area contributed by atoms with Gasteiger partial charge in [-0.3, -0.25) is 24.0 Å². The number of aliphatic hydroxyl groups excluding tert-OH is 2. The molecule has 0 spiro atoms. The van der Waals surface area contributed by atoms with E-state index in [-0.39, 0.29) is 79.4 Å². The van der Waals surface area contributed by atoms with E-state index in [9.17, 15) is 39.0 Å². The van der Waals surface area contributed by atoms with Crippen LogP contribution in [0.3, 0.4) is 0 Å². The molecule has 396 valence electrons. The van der Waals surface area contributed by atoms with Crippen molar-refractivity contribution in [2.24, 2.45) is 5.92 Å². The van der Waals surface area contributed by atoms with E-state index in [2.05, 4.69) is 21.3 Å². The van der Waals surface area contributed by atoms with Gasteiger partial charge in [-0.15, -0.1) is 0 Å². The van der Waals surface area contributed by atoms with Crippen LogP contribution in [0, 0.1) is 5.92 Å². The van der Waals surface area contributed by atoms with Gasteiger partial charge in [0, 0.05) is 50.9 Å². The summed E-state index contributed by atoms with van der Waals surface area (Å²) in [6, 6.07) is 9.78. The van der Waals surface area contributed by atoms with E-state index in [1.807, 2.05) is 0 Å². The minimum Gasteiger partial charge on any atom is -0.493 e. The zero-order valence-corrected chi connectivity index (χ0v) is 42.1. The van der Waals surface area contributed by atoms with Crippen LogP contribution in [0.5, 0.6) is 23.0 Å². The topological polar surface area (TPSA) is 265 Å². The number of nitrogens with one attached hydrogen (secondary N) is 4. The minimum atomic E-state index is -1.47. The summed E-state index contributed by atoms with van der Waals surface area (Å²) in [7, 11) is 4.45. The number of aliphatic hydroxyl groups is 2. The predicted octanol–water partition coefficient (Wildman–Crippen LogP) is 3.62. The Morgan fingerprint density at radius 2 is 1.37 bits per heavy atom. The van der Waals surface area contributed by atoms with E-state index in [0.29, 0.717) is 86.0 Å². The first-order valence-corrected chi connectivity index (χ1v) is 24.6. The number of carbonyl (C=O) groups is 6. The second kappa shape index (κ2) is 24.7. The maximum absolute atomic E-state index is 14.1. The lowest BCUT2D eigenvalue weighted by atomic mass is 10.0. The lowest BCUT2D eigenvalue weighted by molar-refractivity contribution is -0.132. The fourth-order valence-electron chi connectivity index (χ4n) is 9.27. The van der Waals surface area contributed by atoms with Crippen molar-refractivity contribution in [1.29, 1.82) is 0 Å². The SMILES string of the molecule is COCCOCCC(=O)N[C@H](C(=O)N[C@@H](C)C(=O)Nc1ccc(COC(=O)N2c3cc(OCCCOc4cc5c(cc4OC)C(=O)N4CCC[C@H]4C(O)N5)c(OC)cc3C(=O)N3CCC[C@H]3C2O)cc1)C(C)C. The van der Waals surface area contributed by atoms with Crippen LogP contribution < -0.4 is 45.1 Å². The Bertz CT molecular complexity index is 2470. The van der Waals surface area contributed by atoms with Crippen LogP contribution in [0.1, 0.15) is 85.6 Å². The third kappa shape index (κ3) is 12.7. The van der Waals surface area contributed by atoms with Crippen LogP contribution in [0.4, 0.5) is 21.9 Å². The number of ether oxygens (including phenoxy) is 7. The lowest BCUT2D eigenvalue weighted by Gasteiger charge is -2.31. The highest BCUT2D eigenvalue weighted by molar-refractivity contribution is 6.06. The zero-order valence-electron chi connectivity index (χ0n) is 42.1. The molecular weight excluding hydrogens is 951 g/mol. The third-order valence-electron chi connectivity index (χ3n) is 13.2. The quantitative estimate of drug-likeness (QED) is 0.0785. The number of carbonyl (C=O) groups excluding carboxylic acids is 6. The number of hydrogen-bond acceptors (Lipinski definition) is 16. The summed E-state index contributed by atoms with van der Waals surface area (Å²) in [5.74, 6) is -1.13. The third-order valence-corrected chi connectivity index (χ3v) is 13.2. The Balaban J connectivity index is 0.961. The van der Waals surface area contributed by atoms with Crippen LogP contribution >= 0.6 is 0 Å². The second-order valence-corrected chi connectivity index (χ2v) is 18.5. The van der Waals surface area contributed by atoms with E-state index in [1.165, 1.54) is 33.3 Å². The van der Waals surface area contributed by atoms with Gasteiger partial charge in [0.05, 0.1) is 81.8 Å². The highest BCUT2D eigenvalue weighted by atomic mass is 16.6. The van der Waals surface area contributed by atoms with E-state index in [1.54, 1.807) is 67.2 Å². The molecule has 3 aromatic carbocycles. The molecule has 0 saturated carbocycles. The lowest BCUT2D eigenvalue weighted by Crippen LogP contribution is -2.53. The van der Waals surface area contributed by atoms with Crippen LogP contribution in [-0.2, 0) is 35.2 Å². The number of benzene rings is 3. The van der Waals surface area contributed by atoms with Crippen LogP contribution in [0.15, 0.2) is 48.5 Å². The molecule has 2 unspecified atom stereocenters. The number of amides is 6. The molecule has 6 N–H and O–H groups in total. The fraction of sp³-hybridized carbons (Fsp3) is 0.529. The highest BCUT2D eigenvalue weighted by Gasteiger charge is 2.46. The summed E-state index contributed by atoms with van der Waals surface area (Å²) < 4.78 is 39.5. The predicted molar refractivity (Wildman–Crippen MR) is 265 cm³/mol. The molecule has 2 fully saturated rings. The average molecular weight is 1020 g/mol. The molecule has 0 radical (unpaired) electrons. The van der Waals surface area contributed by atoms with E-state index in [0.717, 1.165) is 11.3 Å². The van der Waals surface area contributed by atoms with E-state index in [4.69, 9.17) is 33.2 Å². The molecule has 7 rings (SSSR count). The van der Waals surface area contributed by atoms with Crippen molar-refractivity contribution in [3.8, 4) is 23.0 Å². The first-order valence-electron chi connectivity index (χ1n) is 24.6. The van der Waals surface area contributed by atoms with Crippen LogP contribution in [0.2, 0.25) is 0 Å². The van der Waals surface area contributed by atoms with Crippen molar-refractivity contribution in [3.63, 3.8) is 0 Å². The smallest absolute Gasteiger partial charge is 0.416 e. The molecule has 0 aromatic heterocycles. The van der Waals surface area contributed by atoms with Gasteiger partial charge in [-0.2, -0.15) is 0 Å². The molecule has 4 heterocycles. The molecule has 22 nitrogen and oxygen atoms in total. The molecule has 3 aromatic rings. The zero-order chi connectivity index (χ0) is 52.3. The summed E-state index contributed by atoms with van der Waals surface area (Å²) >= 11 is 0. The maximum atomic E-state index is 14.1. The van der Waals surface area contributed by atoms with Crippen molar-refractivity contribution < 1.29 is 72.1 Å². The minimum absolute atomic E-state index is 0.0546. The van der Waals surface area contributed by atoms with Gasteiger partial charge in [-0.1, -0.05) is 26.0 Å². The molecule has 4 aliphatic rings. The van der Waals surface area contributed by atoms with Crippen LogP contribution in [-0.4, -0.2) is 160 Å². The van der Waals surface area contributed by atoms with Gasteiger partial charge in [0.15, 0.2) is 29.2 Å². The Labute approximate surface area is 423 Å². The Kier molecular flexibility index (Phi) is 18.2. The highest BCUT2D eigenvalue weighted by Crippen LogP contribution is 2.42. The standard InChI is InChI=1S/C51H67N7O15/c1-29(2)44(55-43(59)16-21-70-23-22-67-4)47(62)52-30(3)45(60)53-32-14-12-31(13-15-32)28-73-51(66)58-38-27-42(40(69-6)25-34(38)49(64)57-18-8-11-37(57)50(58)65)72-20-9-19-71-41-26-35-33(24-39(41)68-5)48(63)56-17-7-10-36(56)46(61)54-35/h12-15,24-27,29-30,36-37,44,46,50,54,61,65H,7-11,16-23,28H2,1-6H3,(H,52,62)(H,53,60)(H,55,59)/t30-,36-,37-,44-,46?,50?/m0/s1. The first kappa shape index (κ1) is 53.9. The maximum Gasteiger partial charge on any atom is 0.416 e. The molecule has 0 bridgehead atoms. The van der Waals surface area contributed by atoms with Gasteiger partial charge in [0.2, 0.25) is 17.7 Å². The van der Waals surface area contributed by atoms with Crippen LogP contribution in [0.25, 0.3) is 0 Å². The van der Waals surface area contributed by atoms with Crippen molar-refractivity contribution in [2.45, 2.75) is 103 Å². The van der Waals surface area contributed by atoms with E-state index >= 15 is 0 Å². The summed E-state index contributed by atoms with van der Waals surface area (Å²) in [5, 5.41) is 33.8. The first-order chi connectivity index (χ1) is 35.1. The van der Waals surface area contributed by atoms with Crippen molar-refractivity contribution in [2.75, 3.05) is 83.0 Å². The average Bonchev–Trinajstić information content (AvgIpc) is 4.06. The normalized spacial score (nSPS) is 19.8. The number of methoxy groups -OCH3 is 3. The van der Waals surface area contributed by atoms with Crippen molar-refractivity contribution in [3.05, 3.63) is 65.2 Å². The molecule has 22 heteroatoms. The van der Waals surface area contributed by atoms with Gasteiger partial charge >= 0.3 is 6.09 Å². The van der Waals surface area contributed by atoms with Crippen molar-refractivity contribution in [1.82, 2.24) is 20.4 Å². The second-order valence-electron chi connectivity index (χ2n) is 18.5. The van der Waals surface area contributed by atoms with Gasteiger partial charge in [0.1, 0.15) is 24.9 Å². The number of hydrogen-bond donors (Lipinski definition) is 6. The molecule has 0 aliphatic carbocycles. The number of anilines is 3. The number of rotatable bonds is 22. The van der Waals surface area contributed by atoms with Crippen molar-refractivity contribution >= 4 is 52.7 Å². The number of nitrogens with zero attached hydrogens (tertiary/aromatic N) is 3. The molecule has 2 saturated heterocycles. The summed E-state index contributed by atoms with van der Waals surface area (Å²) in [6.45, 7) is 6.94. The summed E-state index contributed by atoms with van der Waals surface area (Å²) in [6.07, 6.45) is -0.367. The Hall–Kier alpha value is -6.88. The summed E-state index contributed by atoms with van der Waals surface area (Å²) in [5.41, 5.74) is 1.92. The molecule has 4 aliphatic heterocycles. The summed E-state index contributed by atoms with van der Waals surface area (Å²) in [4.78, 5) is 84.6. The van der Waals surface area contributed by atoms with Gasteiger partial charge in [0.25, 0.3) is 11.8 Å². The van der Waals surface area contributed by atoms with Gasteiger partial charge in [-0.05, 0) is 68.4 Å². The monoisotopic (exact) mass is 1020 g/mol. The van der Waals surface area contributed by atoms with E-state index < -0.39 is 54.4 Å². The Morgan fingerprint density at radius 1 is 0.740 bits per heavy atom. The molecule has 6 atom stereocenters. The largest absolute Gasteiger partial charge is 0.493 e. The number of fused-ring (bicyclic) bond motifs is 4. The fourth-order valence-corrected chi connectivity index (χ4v) is 9.27. The Morgan fingerprint density at radius 3 is 2.03 bits per heavy atom. The molecular formula is C51H67N7O15. The van der Waals surface area contributed by atoms with Gasteiger partial charge < -0.3 is 74.4 Å².